The molecule has 0 amide bonds. The van der Waals surface area contributed by atoms with E-state index in [-0.39, 0.29) is 12.0 Å². The molecule has 1 aromatic rings. The molecule has 0 fully saturated rings. The smallest absolute Gasteiger partial charge is 0.307 e. The Morgan fingerprint density at radius 2 is 2.25 bits per heavy atom. The summed E-state index contributed by atoms with van der Waals surface area (Å²) in [6.07, 6.45) is -0.313. The fourth-order valence-corrected chi connectivity index (χ4v) is 0.870. The Morgan fingerprint density at radius 3 is 2.75 bits per heavy atom. The molecule has 0 aliphatic carbocycles. The lowest BCUT2D eigenvalue weighted by Crippen LogP contribution is -2.02. The van der Waals surface area contributed by atoms with Crippen molar-refractivity contribution in [3.05, 3.63) is 29.6 Å². The van der Waals surface area contributed by atoms with Crippen molar-refractivity contribution in [2.45, 2.75) is 6.42 Å². The molecular weight excluding hydrogens is 161 g/mol. The maximum absolute atomic E-state index is 12.9. The van der Waals surface area contributed by atoms with E-state index in [1.807, 2.05) is 0 Å². The first-order valence-corrected chi connectivity index (χ1v) is 3.35. The highest BCUT2D eigenvalue weighted by atomic mass is 19.1. The Labute approximate surface area is 68.6 Å². The lowest BCUT2D eigenvalue weighted by molar-refractivity contribution is -0.136. The monoisotopic (exact) mass is 169 g/mol. The topological polar surface area (TPSA) is 63.3 Å². The first-order valence-electron chi connectivity index (χ1n) is 3.35. The number of carboxylic acid groups (broad SMARTS) is 1. The molecule has 4 heteroatoms. The highest BCUT2D eigenvalue weighted by Crippen LogP contribution is 2.11. The van der Waals surface area contributed by atoms with Crippen molar-refractivity contribution in [2.24, 2.45) is 0 Å². The van der Waals surface area contributed by atoms with E-state index in [1.54, 1.807) is 0 Å². The first kappa shape index (κ1) is 8.52. The van der Waals surface area contributed by atoms with Crippen molar-refractivity contribution in [1.82, 2.24) is 0 Å². The van der Waals surface area contributed by atoms with Crippen LogP contribution in [0, 0.1) is 5.82 Å². The maximum Gasteiger partial charge on any atom is 0.307 e. The number of nitrogens with two attached hydrogens (primary N) is 1. The van der Waals surface area contributed by atoms with Crippen molar-refractivity contribution in [3.63, 3.8) is 0 Å². The first-order chi connectivity index (χ1) is 5.59. The molecule has 0 heterocycles. The molecule has 0 saturated carbocycles. The third-order valence-electron chi connectivity index (χ3n) is 1.42. The van der Waals surface area contributed by atoms with Crippen LogP contribution in [0.4, 0.5) is 10.1 Å². The molecule has 12 heavy (non-hydrogen) atoms. The average Bonchev–Trinajstić information content (AvgIpc) is 1.94. The van der Waals surface area contributed by atoms with Gasteiger partial charge < -0.3 is 10.8 Å². The van der Waals surface area contributed by atoms with Crippen LogP contribution in [-0.4, -0.2) is 11.1 Å². The van der Waals surface area contributed by atoms with Gasteiger partial charge >= 0.3 is 5.97 Å². The van der Waals surface area contributed by atoms with E-state index in [4.69, 9.17) is 10.8 Å². The second kappa shape index (κ2) is 3.21. The molecule has 0 bridgehead atoms. The SMILES string of the molecule is Nc1ccc(CC(=O)O)c(F)c1. The molecule has 0 unspecified atom stereocenters. The number of carboxylic acids is 1. The molecular formula is C8H8FNO2. The molecule has 0 radical (unpaired) electrons. The largest absolute Gasteiger partial charge is 0.481 e. The summed E-state index contributed by atoms with van der Waals surface area (Å²) in [5, 5.41) is 8.36. The van der Waals surface area contributed by atoms with Crippen molar-refractivity contribution >= 4 is 11.7 Å². The van der Waals surface area contributed by atoms with Crippen LogP contribution in [0.25, 0.3) is 0 Å². The maximum atomic E-state index is 12.9. The van der Waals surface area contributed by atoms with Crippen molar-refractivity contribution in [3.8, 4) is 0 Å². The van der Waals surface area contributed by atoms with Gasteiger partial charge in [0.15, 0.2) is 0 Å². The summed E-state index contributed by atoms with van der Waals surface area (Å²) in [7, 11) is 0. The number of halogens is 1. The van der Waals surface area contributed by atoms with Gasteiger partial charge in [0.25, 0.3) is 0 Å². The molecule has 0 aliphatic heterocycles. The molecule has 0 aliphatic rings. The summed E-state index contributed by atoms with van der Waals surface area (Å²) in [6, 6.07) is 3.96. The molecule has 1 aromatic carbocycles. The standard InChI is InChI=1S/C8H8FNO2/c9-7-4-6(10)2-1-5(7)3-8(11)12/h1-2,4H,3,10H2,(H,11,12). The van der Waals surface area contributed by atoms with Crippen molar-refractivity contribution in [2.75, 3.05) is 5.73 Å². The number of anilines is 1. The fourth-order valence-electron chi connectivity index (χ4n) is 0.870. The van der Waals surface area contributed by atoms with Gasteiger partial charge in [0.1, 0.15) is 5.82 Å². The average molecular weight is 169 g/mol. The highest BCUT2D eigenvalue weighted by Gasteiger charge is 2.05. The molecule has 0 aromatic heterocycles. The fraction of sp³-hybridized carbons (Fsp3) is 0.125. The minimum Gasteiger partial charge on any atom is -0.481 e. The van der Waals surface area contributed by atoms with Crippen LogP contribution in [0.2, 0.25) is 0 Å². The number of hydrogen-bond acceptors (Lipinski definition) is 2. The van der Waals surface area contributed by atoms with E-state index < -0.39 is 11.8 Å². The third kappa shape index (κ3) is 1.95. The van der Waals surface area contributed by atoms with Crippen LogP contribution >= 0.6 is 0 Å². The van der Waals surface area contributed by atoms with Crippen LogP contribution in [0.3, 0.4) is 0 Å². The van der Waals surface area contributed by atoms with Gasteiger partial charge in [-0.1, -0.05) is 6.07 Å². The van der Waals surface area contributed by atoms with Gasteiger partial charge in [0.05, 0.1) is 6.42 Å². The Hall–Kier alpha value is -1.58. The van der Waals surface area contributed by atoms with Gasteiger partial charge in [-0.2, -0.15) is 0 Å². The zero-order valence-corrected chi connectivity index (χ0v) is 6.25. The van der Waals surface area contributed by atoms with Crippen LogP contribution < -0.4 is 5.73 Å². The van der Waals surface area contributed by atoms with Gasteiger partial charge in [0, 0.05) is 5.69 Å². The number of benzene rings is 1. The number of aliphatic carboxylic acids is 1. The Balaban J connectivity index is 2.93. The molecule has 0 atom stereocenters. The van der Waals surface area contributed by atoms with Crippen LogP contribution in [0.5, 0.6) is 0 Å². The molecule has 1 rings (SSSR count). The number of rotatable bonds is 2. The minimum atomic E-state index is -1.06. The summed E-state index contributed by atoms with van der Waals surface area (Å²) < 4.78 is 12.9. The second-order valence-electron chi connectivity index (χ2n) is 2.42. The van der Waals surface area contributed by atoms with E-state index in [2.05, 4.69) is 0 Å². The Kier molecular flexibility index (Phi) is 2.28. The predicted molar refractivity (Wildman–Crippen MR) is 42.2 cm³/mol. The van der Waals surface area contributed by atoms with Crippen molar-refractivity contribution < 1.29 is 14.3 Å². The lowest BCUT2D eigenvalue weighted by Gasteiger charge is -1.99. The van der Waals surface area contributed by atoms with E-state index in [9.17, 15) is 9.18 Å². The minimum absolute atomic E-state index is 0.150. The van der Waals surface area contributed by atoms with Gasteiger partial charge in [-0.25, -0.2) is 4.39 Å². The zero-order chi connectivity index (χ0) is 9.14. The number of carbonyl (C=O) groups is 1. The molecule has 0 spiro atoms. The quantitative estimate of drug-likeness (QED) is 0.650. The summed E-state index contributed by atoms with van der Waals surface area (Å²) in [6.45, 7) is 0. The lowest BCUT2D eigenvalue weighted by atomic mass is 10.1. The molecule has 3 nitrogen and oxygen atoms in total. The van der Waals surface area contributed by atoms with E-state index in [1.165, 1.54) is 12.1 Å². The van der Waals surface area contributed by atoms with Crippen molar-refractivity contribution in [1.29, 1.82) is 0 Å². The Bertz CT molecular complexity index is 312. The van der Waals surface area contributed by atoms with Gasteiger partial charge in [0.2, 0.25) is 0 Å². The summed E-state index contributed by atoms with van der Waals surface area (Å²) in [5.74, 6) is -1.63. The highest BCUT2D eigenvalue weighted by molar-refractivity contribution is 5.70. The number of nitrogen functional groups attached to an aromatic ring is 1. The van der Waals surface area contributed by atoms with Gasteiger partial charge in [-0.3, -0.25) is 4.79 Å². The Morgan fingerprint density at radius 1 is 1.58 bits per heavy atom. The van der Waals surface area contributed by atoms with E-state index in [0.717, 1.165) is 6.07 Å². The van der Waals surface area contributed by atoms with Crippen LogP contribution in [-0.2, 0) is 11.2 Å². The van der Waals surface area contributed by atoms with E-state index in [0.29, 0.717) is 5.69 Å². The zero-order valence-electron chi connectivity index (χ0n) is 6.25. The number of hydrogen-bond donors (Lipinski definition) is 2. The second-order valence-corrected chi connectivity index (χ2v) is 2.42. The molecule has 3 N–H and O–H groups in total. The van der Waals surface area contributed by atoms with E-state index >= 15 is 0 Å². The van der Waals surface area contributed by atoms with Gasteiger partial charge in [-0.05, 0) is 17.7 Å². The third-order valence-corrected chi connectivity index (χ3v) is 1.42. The van der Waals surface area contributed by atoms with Crippen LogP contribution in [0.15, 0.2) is 18.2 Å². The van der Waals surface area contributed by atoms with Crippen LogP contribution in [0.1, 0.15) is 5.56 Å². The summed E-state index contributed by atoms with van der Waals surface area (Å²) in [4.78, 5) is 10.2. The molecule has 0 saturated heterocycles. The summed E-state index contributed by atoms with van der Waals surface area (Å²) >= 11 is 0. The van der Waals surface area contributed by atoms with Gasteiger partial charge in [-0.15, -0.1) is 0 Å². The molecule has 64 valence electrons. The predicted octanol–water partition coefficient (Wildman–Crippen LogP) is 1.04. The normalized spacial score (nSPS) is 9.75. The summed E-state index contributed by atoms with van der Waals surface area (Å²) in [5.41, 5.74) is 5.71.